The fraction of sp³-hybridized carbons (Fsp3) is 0.333. The highest BCUT2D eigenvalue weighted by Crippen LogP contribution is 2.30. The summed E-state index contributed by atoms with van der Waals surface area (Å²) in [6.45, 7) is 1.53. The maximum absolute atomic E-state index is 13.9. The van der Waals surface area contributed by atoms with E-state index in [1.165, 1.54) is 30.2 Å². The standard InChI is InChI=1S/C18H18F2O/c1-18(21,15-6-3-7-16(19)17(15)20)11-12-8-9-13-4-2-5-14(13)10-12/h3,6-10,21H,2,4-5,11H2,1H3. The van der Waals surface area contributed by atoms with E-state index in [9.17, 15) is 13.9 Å². The van der Waals surface area contributed by atoms with E-state index in [0.29, 0.717) is 0 Å². The molecule has 0 bridgehead atoms. The van der Waals surface area contributed by atoms with Crippen molar-refractivity contribution in [2.75, 3.05) is 0 Å². The summed E-state index contributed by atoms with van der Waals surface area (Å²) >= 11 is 0. The maximum atomic E-state index is 13.9. The number of rotatable bonds is 3. The molecule has 2 aromatic carbocycles. The topological polar surface area (TPSA) is 20.2 Å². The van der Waals surface area contributed by atoms with E-state index < -0.39 is 17.2 Å². The lowest BCUT2D eigenvalue weighted by atomic mass is 9.88. The lowest BCUT2D eigenvalue weighted by Gasteiger charge is -2.25. The molecule has 1 nitrogen and oxygen atoms in total. The van der Waals surface area contributed by atoms with Crippen LogP contribution < -0.4 is 0 Å². The van der Waals surface area contributed by atoms with Gasteiger partial charge in [-0.2, -0.15) is 0 Å². The molecule has 2 aromatic rings. The Kier molecular flexibility index (Phi) is 3.54. The monoisotopic (exact) mass is 288 g/mol. The van der Waals surface area contributed by atoms with Gasteiger partial charge in [0.05, 0.1) is 5.60 Å². The first-order valence-corrected chi connectivity index (χ1v) is 7.25. The Labute approximate surface area is 123 Å². The van der Waals surface area contributed by atoms with Gasteiger partial charge in [0.15, 0.2) is 11.6 Å². The fourth-order valence-corrected chi connectivity index (χ4v) is 3.15. The van der Waals surface area contributed by atoms with Crippen LogP contribution in [0.2, 0.25) is 0 Å². The number of hydrogen-bond donors (Lipinski definition) is 1. The van der Waals surface area contributed by atoms with Crippen LogP contribution >= 0.6 is 0 Å². The average molecular weight is 288 g/mol. The molecule has 0 radical (unpaired) electrons. The number of benzene rings is 2. The molecule has 1 N–H and O–H groups in total. The van der Waals surface area contributed by atoms with E-state index in [0.717, 1.165) is 30.9 Å². The summed E-state index contributed by atoms with van der Waals surface area (Å²) in [5.74, 6) is -1.90. The van der Waals surface area contributed by atoms with E-state index in [1.54, 1.807) is 0 Å². The Morgan fingerprint density at radius 1 is 1.10 bits per heavy atom. The average Bonchev–Trinajstić information content (AvgIpc) is 2.88. The zero-order chi connectivity index (χ0) is 15.0. The molecule has 110 valence electrons. The number of aliphatic hydroxyl groups is 1. The minimum atomic E-state index is -1.43. The molecule has 1 aliphatic rings. The molecule has 0 heterocycles. The summed E-state index contributed by atoms with van der Waals surface area (Å²) in [7, 11) is 0. The van der Waals surface area contributed by atoms with Gasteiger partial charge in [0.25, 0.3) is 0 Å². The van der Waals surface area contributed by atoms with E-state index in [2.05, 4.69) is 12.1 Å². The molecule has 0 amide bonds. The second-order valence-electron chi connectivity index (χ2n) is 6.01. The first kappa shape index (κ1) is 14.2. The molecule has 1 atom stereocenters. The highest BCUT2D eigenvalue weighted by atomic mass is 19.2. The number of hydrogen-bond acceptors (Lipinski definition) is 1. The molecule has 0 fully saturated rings. The van der Waals surface area contributed by atoms with Gasteiger partial charge in [-0.15, -0.1) is 0 Å². The molecule has 0 saturated carbocycles. The van der Waals surface area contributed by atoms with Crippen LogP contribution in [0.1, 0.15) is 35.6 Å². The Hall–Kier alpha value is -1.74. The predicted octanol–water partition coefficient (Wildman–Crippen LogP) is 3.90. The number of fused-ring (bicyclic) bond motifs is 1. The Morgan fingerprint density at radius 2 is 1.86 bits per heavy atom. The van der Waals surface area contributed by atoms with Gasteiger partial charge < -0.3 is 5.11 Å². The summed E-state index contributed by atoms with van der Waals surface area (Å²) in [5, 5.41) is 10.6. The van der Waals surface area contributed by atoms with E-state index in [-0.39, 0.29) is 12.0 Å². The van der Waals surface area contributed by atoms with Crippen molar-refractivity contribution >= 4 is 0 Å². The third-order valence-corrected chi connectivity index (χ3v) is 4.24. The van der Waals surface area contributed by atoms with Crippen LogP contribution in [-0.2, 0) is 24.9 Å². The summed E-state index contributed by atoms with van der Waals surface area (Å²) in [5.41, 5.74) is 2.18. The van der Waals surface area contributed by atoms with Crippen LogP contribution in [-0.4, -0.2) is 5.11 Å². The summed E-state index contributed by atoms with van der Waals surface area (Å²) < 4.78 is 27.2. The van der Waals surface area contributed by atoms with Crippen LogP contribution in [0, 0.1) is 11.6 Å². The summed E-state index contributed by atoms with van der Waals surface area (Å²) in [6, 6.07) is 10.0. The van der Waals surface area contributed by atoms with Gasteiger partial charge in [-0.1, -0.05) is 30.3 Å². The van der Waals surface area contributed by atoms with Crippen molar-refractivity contribution in [3.8, 4) is 0 Å². The molecule has 0 saturated heterocycles. The summed E-state index contributed by atoms with van der Waals surface area (Å²) in [6.07, 6.45) is 3.58. The van der Waals surface area contributed by atoms with E-state index >= 15 is 0 Å². The second kappa shape index (κ2) is 5.23. The molecule has 3 heteroatoms. The molecule has 21 heavy (non-hydrogen) atoms. The Morgan fingerprint density at radius 3 is 2.67 bits per heavy atom. The van der Waals surface area contributed by atoms with Crippen molar-refractivity contribution in [3.63, 3.8) is 0 Å². The molecule has 0 aromatic heterocycles. The van der Waals surface area contributed by atoms with E-state index in [1.807, 2.05) is 6.07 Å². The lowest BCUT2D eigenvalue weighted by Crippen LogP contribution is -2.26. The molecule has 1 unspecified atom stereocenters. The number of halogens is 2. The Bertz CT molecular complexity index is 677. The van der Waals surface area contributed by atoms with Crippen molar-refractivity contribution in [2.24, 2.45) is 0 Å². The molecular formula is C18H18F2O. The third-order valence-electron chi connectivity index (χ3n) is 4.24. The minimum Gasteiger partial charge on any atom is -0.385 e. The van der Waals surface area contributed by atoms with Crippen molar-refractivity contribution in [1.82, 2.24) is 0 Å². The molecule has 3 rings (SSSR count). The van der Waals surface area contributed by atoms with Crippen LogP contribution in [0.5, 0.6) is 0 Å². The van der Waals surface area contributed by atoms with Crippen molar-refractivity contribution in [1.29, 1.82) is 0 Å². The van der Waals surface area contributed by atoms with Crippen LogP contribution in [0.4, 0.5) is 8.78 Å². The van der Waals surface area contributed by atoms with Crippen LogP contribution in [0.3, 0.4) is 0 Å². The van der Waals surface area contributed by atoms with Gasteiger partial charge >= 0.3 is 0 Å². The first-order valence-electron chi connectivity index (χ1n) is 7.25. The minimum absolute atomic E-state index is 0.00278. The van der Waals surface area contributed by atoms with Crippen molar-refractivity contribution < 1.29 is 13.9 Å². The van der Waals surface area contributed by atoms with E-state index in [4.69, 9.17) is 0 Å². The molecule has 0 aliphatic heterocycles. The lowest BCUT2D eigenvalue weighted by molar-refractivity contribution is 0.0530. The zero-order valence-corrected chi connectivity index (χ0v) is 12.0. The third kappa shape index (κ3) is 2.70. The normalized spacial score (nSPS) is 16.6. The quantitative estimate of drug-likeness (QED) is 0.908. The molecule has 1 aliphatic carbocycles. The van der Waals surface area contributed by atoms with Crippen LogP contribution in [0.25, 0.3) is 0 Å². The highest BCUT2D eigenvalue weighted by molar-refractivity contribution is 5.37. The maximum Gasteiger partial charge on any atom is 0.164 e. The predicted molar refractivity (Wildman–Crippen MR) is 78.1 cm³/mol. The van der Waals surface area contributed by atoms with Gasteiger partial charge in [-0.25, -0.2) is 8.78 Å². The van der Waals surface area contributed by atoms with Crippen molar-refractivity contribution in [3.05, 3.63) is 70.3 Å². The van der Waals surface area contributed by atoms with Gasteiger partial charge in [0.1, 0.15) is 0 Å². The molecular weight excluding hydrogens is 270 g/mol. The van der Waals surface area contributed by atoms with Crippen LogP contribution in [0.15, 0.2) is 36.4 Å². The highest BCUT2D eigenvalue weighted by Gasteiger charge is 2.28. The van der Waals surface area contributed by atoms with Gasteiger partial charge in [0.2, 0.25) is 0 Å². The zero-order valence-electron chi connectivity index (χ0n) is 12.0. The fourth-order valence-electron chi connectivity index (χ4n) is 3.15. The SMILES string of the molecule is CC(O)(Cc1ccc2c(c1)CCC2)c1cccc(F)c1F. The first-order chi connectivity index (χ1) is 9.97. The van der Waals surface area contributed by atoms with Crippen molar-refractivity contribution in [2.45, 2.75) is 38.2 Å². The number of aryl methyl sites for hydroxylation is 2. The largest absolute Gasteiger partial charge is 0.385 e. The van der Waals surface area contributed by atoms with Gasteiger partial charge in [-0.05, 0) is 48.9 Å². The molecule has 0 spiro atoms. The smallest absolute Gasteiger partial charge is 0.164 e. The van der Waals surface area contributed by atoms with Gasteiger partial charge in [0, 0.05) is 12.0 Å². The van der Waals surface area contributed by atoms with Gasteiger partial charge in [-0.3, -0.25) is 0 Å². The second-order valence-corrected chi connectivity index (χ2v) is 6.01. The Balaban J connectivity index is 1.90. The summed E-state index contributed by atoms with van der Waals surface area (Å²) in [4.78, 5) is 0.